The Bertz CT molecular complexity index is 1270. The molecule has 0 radical (unpaired) electrons. The maximum Gasteiger partial charge on any atom is 0.323 e. The van der Waals surface area contributed by atoms with Crippen molar-refractivity contribution in [1.29, 1.82) is 0 Å². The Balaban J connectivity index is 2.11. The highest BCUT2D eigenvalue weighted by molar-refractivity contribution is 6.02. The van der Waals surface area contributed by atoms with Crippen molar-refractivity contribution in [2.24, 2.45) is 11.8 Å². The Morgan fingerprint density at radius 3 is 2.09 bits per heavy atom. The average molecular weight is 641 g/mol. The summed E-state index contributed by atoms with van der Waals surface area (Å²) in [6.45, 7) is 15.3. The molecule has 11 heteroatoms. The number of ether oxygens (including phenoxy) is 2. The van der Waals surface area contributed by atoms with Gasteiger partial charge in [-0.1, -0.05) is 58.4 Å². The number of benzene rings is 2. The lowest BCUT2D eigenvalue weighted by molar-refractivity contribution is -0.167. The van der Waals surface area contributed by atoms with E-state index in [-0.39, 0.29) is 31.3 Å². The topological polar surface area (TPSA) is 146 Å². The summed E-state index contributed by atoms with van der Waals surface area (Å²) >= 11 is 0. The number of nitrogens with one attached hydrogen (secondary N) is 3. The van der Waals surface area contributed by atoms with E-state index >= 15 is 0 Å². The minimum Gasteiger partial charge on any atom is -0.428 e. The third kappa shape index (κ3) is 13.9. The summed E-state index contributed by atoms with van der Waals surface area (Å²) < 4.78 is 10.2. The van der Waals surface area contributed by atoms with E-state index in [0.29, 0.717) is 36.1 Å². The molecule has 0 aromatic heterocycles. The van der Waals surface area contributed by atoms with E-state index in [2.05, 4.69) is 48.5 Å². The molecule has 0 saturated carbocycles. The van der Waals surface area contributed by atoms with Gasteiger partial charge in [0.05, 0.1) is 17.8 Å². The van der Waals surface area contributed by atoms with Gasteiger partial charge < -0.3 is 35.4 Å². The molecule has 0 unspecified atom stereocenters. The number of amides is 3. The molecule has 0 heterocycles. The first kappa shape index (κ1) is 38.1. The number of urea groups is 1. The van der Waals surface area contributed by atoms with E-state index in [9.17, 15) is 24.3 Å². The van der Waals surface area contributed by atoms with Crippen molar-refractivity contribution in [3.05, 3.63) is 53.6 Å². The standard InChI is InChI=1S/C35H52N4O7/c1-8-27(19-33(42)46-22-45-32(41)10-9-17-36-34(43)26(7)40)28-13-16-31(39(20-23(2)3)21-24(4)5)30(18-28)38-35(44)37-29-14-11-25(6)12-15-29/h11-16,18,23-24,26-27,40H,8-10,17,19-22H2,1-7H3,(H,36,43)(H2,37,38,44)/t26-,27-/m0/s1. The number of aryl methyl sites for hydroxylation is 1. The zero-order valence-electron chi connectivity index (χ0n) is 28.4. The van der Waals surface area contributed by atoms with Gasteiger partial charge >= 0.3 is 18.0 Å². The second-order valence-corrected chi connectivity index (χ2v) is 12.4. The van der Waals surface area contributed by atoms with Crippen molar-refractivity contribution >= 4 is 40.9 Å². The molecule has 2 rings (SSSR count). The zero-order valence-corrected chi connectivity index (χ0v) is 28.4. The van der Waals surface area contributed by atoms with Crippen LogP contribution in [0, 0.1) is 18.8 Å². The van der Waals surface area contributed by atoms with Crippen LogP contribution in [-0.4, -0.2) is 61.5 Å². The lowest BCUT2D eigenvalue weighted by Gasteiger charge is -2.31. The monoisotopic (exact) mass is 640 g/mol. The van der Waals surface area contributed by atoms with E-state index < -0.39 is 30.7 Å². The fourth-order valence-corrected chi connectivity index (χ4v) is 4.84. The Morgan fingerprint density at radius 1 is 0.870 bits per heavy atom. The Labute approximate surface area is 273 Å². The van der Waals surface area contributed by atoms with Crippen LogP contribution in [0.2, 0.25) is 0 Å². The number of aliphatic hydroxyl groups is 1. The second-order valence-electron chi connectivity index (χ2n) is 12.4. The van der Waals surface area contributed by atoms with Crippen LogP contribution in [0.1, 0.15) is 84.3 Å². The van der Waals surface area contributed by atoms with E-state index in [1.165, 1.54) is 6.92 Å². The normalized spacial score (nSPS) is 12.3. The Hall–Kier alpha value is -4.12. The summed E-state index contributed by atoms with van der Waals surface area (Å²) in [4.78, 5) is 51.4. The number of hydrogen-bond acceptors (Lipinski definition) is 8. The Morgan fingerprint density at radius 2 is 1.50 bits per heavy atom. The summed E-state index contributed by atoms with van der Waals surface area (Å²) in [5.74, 6) is -0.986. The number of rotatable bonds is 18. The van der Waals surface area contributed by atoms with Gasteiger partial charge in [-0.2, -0.15) is 0 Å². The van der Waals surface area contributed by atoms with Crippen LogP contribution in [-0.2, 0) is 23.9 Å². The summed E-state index contributed by atoms with van der Waals surface area (Å²) in [5, 5.41) is 17.6. The van der Waals surface area contributed by atoms with Crippen LogP contribution in [0.15, 0.2) is 42.5 Å². The first-order chi connectivity index (χ1) is 21.8. The minimum absolute atomic E-state index is 0.0273. The van der Waals surface area contributed by atoms with Crippen molar-refractivity contribution in [3.8, 4) is 0 Å². The predicted molar refractivity (Wildman–Crippen MR) is 181 cm³/mol. The van der Waals surface area contributed by atoms with Crippen LogP contribution >= 0.6 is 0 Å². The third-order valence-corrected chi connectivity index (χ3v) is 7.14. The summed E-state index contributed by atoms with van der Waals surface area (Å²) in [7, 11) is 0. The fourth-order valence-electron chi connectivity index (χ4n) is 4.84. The molecule has 0 aliphatic heterocycles. The van der Waals surface area contributed by atoms with Crippen molar-refractivity contribution in [2.75, 3.05) is 42.0 Å². The average Bonchev–Trinajstić information content (AvgIpc) is 2.98. The highest BCUT2D eigenvalue weighted by Gasteiger charge is 2.21. The van der Waals surface area contributed by atoms with Crippen LogP contribution in [0.5, 0.6) is 0 Å². The second kappa shape index (κ2) is 19.4. The maximum atomic E-state index is 13.1. The number of nitrogens with zero attached hydrogens (tertiary/aromatic N) is 1. The van der Waals surface area contributed by atoms with Gasteiger partial charge in [0, 0.05) is 31.7 Å². The number of carbonyl (C=O) groups excluding carboxylic acids is 4. The molecule has 254 valence electrons. The van der Waals surface area contributed by atoms with Gasteiger partial charge in [0.15, 0.2) is 0 Å². The van der Waals surface area contributed by atoms with Gasteiger partial charge in [-0.25, -0.2) is 4.79 Å². The molecule has 46 heavy (non-hydrogen) atoms. The molecule has 0 bridgehead atoms. The molecule has 2 atom stereocenters. The summed E-state index contributed by atoms with van der Waals surface area (Å²) in [5.41, 5.74) is 4.20. The van der Waals surface area contributed by atoms with Crippen molar-refractivity contribution in [3.63, 3.8) is 0 Å². The first-order valence-electron chi connectivity index (χ1n) is 16.1. The quantitative estimate of drug-likeness (QED) is 0.0887. The highest BCUT2D eigenvalue weighted by Crippen LogP contribution is 2.34. The van der Waals surface area contributed by atoms with Gasteiger partial charge in [0.1, 0.15) is 6.10 Å². The van der Waals surface area contributed by atoms with E-state index in [0.717, 1.165) is 29.9 Å². The molecular weight excluding hydrogens is 588 g/mol. The molecule has 0 aliphatic rings. The van der Waals surface area contributed by atoms with Crippen LogP contribution in [0.3, 0.4) is 0 Å². The zero-order chi connectivity index (χ0) is 34.2. The fraction of sp³-hybridized carbons (Fsp3) is 0.543. The lowest BCUT2D eigenvalue weighted by Crippen LogP contribution is -2.33. The van der Waals surface area contributed by atoms with Crippen molar-refractivity contribution in [2.45, 2.75) is 86.2 Å². The molecule has 0 aliphatic carbocycles. The SMILES string of the molecule is CC[C@@H](CC(=O)OCOC(=O)CCCNC(=O)[C@H](C)O)c1ccc(N(CC(C)C)CC(C)C)c(NC(=O)Nc2ccc(C)cc2)c1. The van der Waals surface area contributed by atoms with Gasteiger partial charge in [0.2, 0.25) is 12.7 Å². The number of esters is 2. The molecule has 0 spiro atoms. The molecular formula is C35H52N4O7. The highest BCUT2D eigenvalue weighted by atomic mass is 16.7. The van der Waals surface area contributed by atoms with E-state index in [4.69, 9.17) is 9.47 Å². The van der Waals surface area contributed by atoms with Gasteiger partial charge in [-0.15, -0.1) is 0 Å². The molecule has 11 nitrogen and oxygen atoms in total. The third-order valence-electron chi connectivity index (χ3n) is 7.14. The molecule has 3 amide bonds. The minimum atomic E-state index is -1.12. The van der Waals surface area contributed by atoms with E-state index in [1.54, 1.807) is 0 Å². The van der Waals surface area contributed by atoms with Gasteiger partial charge in [-0.3, -0.25) is 14.4 Å². The lowest BCUT2D eigenvalue weighted by atomic mass is 9.92. The van der Waals surface area contributed by atoms with Gasteiger partial charge in [-0.05, 0) is 74.3 Å². The molecule has 0 saturated heterocycles. The van der Waals surface area contributed by atoms with Crippen LogP contribution in [0.25, 0.3) is 0 Å². The summed E-state index contributed by atoms with van der Waals surface area (Å²) in [6.07, 6.45) is -0.0605. The van der Waals surface area contributed by atoms with Crippen LogP contribution < -0.4 is 20.9 Å². The predicted octanol–water partition coefficient (Wildman–Crippen LogP) is 5.96. The molecule has 2 aromatic rings. The van der Waals surface area contributed by atoms with Gasteiger partial charge in [0.25, 0.3) is 0 Å². The largest absolute Gasteiger partial charge is 0.428 e. The van der Waals surface area contributed by atoms with Crippen LogP contribution in [0.4, 0.5) is 21.9 Å². The number of hydrogen-bond donors (Lipinski definition) is 4. The van der Waals surface area contributed by atoms with Crippen molar-refractivity contribution in [1.82, 2.24) is 5.32 Å². The number of carbonyl (C=O) groups is 4. The summed E-state index contributed by atoms with van der Waals surface area (Å²) in [6, 6.07) is 13.1. The number of anilines is 3. The van der Waals surface area contributed by atoms with E-state index in [1.807, 2.05) is 56.3 Å². The van der Waals surface area contributed by atoms with Crippen molar-refractivity contribution < 1.29 is 33.8 Å². The molecule has 0 fully saturated rings. The number of aliphatic hydroxyl groups excluding tert-OH is 1. The molecule has 2 aromatic carbocycles. The maximum absolute atomic E-state index is 13.1. The molecule has 4 N–H and O–H groups in total. The Kier molecular flexibility index (Phi) is 16.1. The smallest absolute Gasteiger partial charge is 0.323 e. The first-order valence-corrected chi connectivity index (χ1v) is 16.1.